The molecule has 1 heterocycles. The van der Waals surface area contributed by atoms with Gasteiger partial charge in [-0.15, -0.1) is 0 Å². The Labute approximate surface area is 113 Å². The SMILES string of the molecule is O=C(Nc1ccccc1SC(F)F)c1ccccn1. The molecule has 98 valence electrons. The quantitative estimate of drug-likeness (QED) is 0.869. The van der Waals surface area contributed by atoms with Crippen molar-refractivity contribution in [1.82, 2.24) is 4.98 Å². The van der Waals surface area contributed by atoms with Crippen LogP contribution in [0.5, 0.6) is 0 Å². The van der Waals surface area contributed by atoms with Crippen LogP contribution in [0.4, 0.5) is 14.5 Å². The molecular formula is C13H10F2N2OS. The number of benzene rings is 1. The number of aromatic nitrogens is 1. The van der Waals surface area contributed by atoms with Crippen molar-refractivity contribution in [3.63, 3.8) is 0 Å². The van der Waals surface area contributed by atoms with Crippen molar-refractivity contribution in [3.05, 3.63) is 54.4 Å². The summed E-state index contributed by atoms with van der Waals surface area (Å²) in [7, 11) is 0. The van der Waals surface area contributed by atoms with Gasteiger partial charge in [-0.25, -0.2) is 0 Å². The summed E-state index contributed by atoms with van der Waals surface area (Å²) in [5.74, 6) is -2.96. The Morgan fingerprint density at radius 3 is 2.58 bits per heavy atom. The number of alkyl halides is 2. The molecule has 0 radical (unpaired) electrons. The van der Waals surface area contributed by atoms with Crippen molar-refractivity contribution < 1.29 is 13.6 Å². The maximum atomic E-state index is 12.4. The molecule has 0 atom stereocenters. The average Bonchev–Trinajstić information content (AvgIpc) is 2.41. The van der Waals surface area contributed by atoms with Gasteiger partial charge >= 0.3 is 0 Å². The lowest BCUT2D eigenvalue weighted by Gasteiger charge is -2.09. The molecule has 6 heteroatoms. The third kappa shape index (κ3) is 3.75. The molecule has 19 heavy (non-hydrogen) atoms. The van der Waals surface area contributed by atoms with Gasteiger partial charge in [0.25, 0.3) is 11.7 Å². The summed E-state index contributed by atoms with van der Waals surface area (Å²) in [6.07, 6.45) is 1.49. The van der Waals surface area contributed by atoms with E-state index in [4.69, 9.17) is 0 Å². The summed E-state index contributed by atoms with van der Waals surface area (Å²) < 4.78 is 24.8. The summed E-state index contributed by atoms with van der Waals surface area (Å²) in [6.45, 7) is 0. The third-order valence-electron chi connectivity index (χ3n) is 2.25. The number of anilines is 1. The van der Waals surface area contributed by atoms with E-state index >= 15 is 0 Å². The standard InChI is InChI=1S/C13H10F2N2OS/c14-13(15)19-11-7-2-1-5-9(11)17-12(18)10-6-3-4-8-16-10/h1-8,13H,(H,17,18). The van der Waals surface area contributed by atoms with Crippen molar-refractivity contribution in [2.75, 3.05) is 5.32 Å². The molecule has 0 fully saturated rings. The highest BCUT2D eigenvalue weighted by atomic mass is 32.2. The van der Waals surface area contributed by atoms with Gasteiger partial charge in [0.1, 0.15) is 5.69 Å². The molecule has 0 saturated carbocycles. The molecule has 1 N–H and O–H groups in total. The monoisotopic (exact) mass is 280 g/mol. The second-order valence-electron chi connectivity index (χ2n) is 3.54. The number of pyridine rings is 1. The van der Waals surface area contributed by atoms with Crippen LogP contribution in [0.15, 0.2) is 53.6 Å². The first-order valence-electron chi connectivity index (χ1n) is 5.43. The molecule has 1 aromatic heterocycles. The Kier molecular flexibility index (Phi) is 4.46. The van der Waals surface area contributed by atoms with Crippen LogP contribution in [0.1, 0.15) is 10.5 Å². The lowest BCUT2D eigenvalue weighted by Crippen LogP contribution is -2.13. The third-order valence-corrected chi connectivity index (χ3v) is 3.04. The second-order valence-corrected chi connectivity index (χ2v) is 4.58. The van der Waals surface area contributed by atoms with Crippen LogP contribution in [-0.4, -0.2) is 16.6 Å². The van der Waals surface area contributed by atoms with E-state index in [1.807, 2.05) is 0 Å². The van der Waals surface area contributed by atoms with Gasteiger partial charge in [0.2, 0.25) is 0 Å². The lowest BCUT2D eigenvalue weighted by molar-refractivity contribution is 0.102. The zero-order valence-corrected chi connectivity index (χ0v) is 10.5. The van der Waals surface area contributed by atoms with Gasteiger partial charge in [0, 0.05) is 11.1 Å². The zero-order valence-electron chi connectivity index (χ0n) is 9.72. The Bertz CT molecular complexity index is 564. The topological polar surface area (TPSA) is 42.0 Å². The van der Waals surface area contributed by atoms with Gasteiger partial charge in [-0.1, -0.05) is 30.0 Å². The largest absolute Gasteiger partial charge is 0.320 e. The van der Waals surface area contributed by atoms with Crippen molar-refractivity contribution in [2.24, 2.45) is 0 Å². The van der Waals surface area contributed by atoms with E-state index in [2.05, 4.69) is 10.3 Å². The molecular weight excluding hydrogens is 270 g/mol. The molecule has 3 nitrogen and oxygen atoms in total. The number of carbonyl (C=O) groups is 1. The summed E-state index contributed by atoms with van der Waals surface area (Å²) in [6, 6.07) is 11.3. The first-order valence-corrected chi connectivity index (χ1v) is 6.31. The van der Waals surface area contributed by atoms with E-state index in [0.29, 0.717) is 22.3 Å². The van der Waals surface area contributed by atoms with Crippen LogP contribution < -0.4 is 5.32 Å². The molecule has 0 aliphatic heterocycles. The van der Waals surface area contributed by atoms with E-state index in [1.165, 1.54) is 12.3 Å². The summed E-state index contributed by atoms with van der Waals surface area (Å²) in [4.78, 5) is 16.1. The molecule has 0 spiro atoms. The van der Waals surface area contributed by atoms with Crippen molar-refractivity contribution in [2.45, 2.75) is 10.7 Å². The van der Waals surface area contributed by atoms with Crippen LogP contribution in [0, 0.1) is 0 Å². The minimum Gasteiger partial charge on any atom is -0.320 e. The molecule has 0 aliphatic rings. The fourth-order valence-corrected chi connectivity index (χ4v) is 2.05. The normalized spacial score (nSPS) is 10.5. The Balaban J connectivity index is 2.17. The van der Waals surface area contributed by atoms with Gasteiger partial charge in [-0.05, 0) is 24.3 Å². The highest BCUT2D eigenvalue weighted by molar-refractivity contribution is 7.99. The van der Waals surface area contributed by atoms with Gasteiger partial charge in [-0.3, -0.25) is 9.78 Å². The van der Waals surface area contributed by atoms with Crippen LogP contribution >= 0.6 is 11.8 Å². The van der Waals surface area contributed by atoms with E-state index in [-0.39, 0.29) is 5.69 Å². The van der Waals surface area contributed by atoms with E-state index in [1.54, 1.807) is 36.4 Å². The van der Waals surface area contributed by atoms with Crippen LogP contribution in [0.2, 0.25) is 0 Å². The molecule has 0 bridgehead atoms. The summed E-state index contributed by atoms with van der Waals surface area (Å²) >= 11 is 0.394. The van der Waals surface area contributed by atoms with Crippen LogP contribution in [0.25, 0.3) is 0 Å². The van der Waals surface area contributed by atoms with Gasteiger partial charge in [-0.2, -0.15) is 8.78 Å². The number of thioether (sulfide) groups is 1. The summed E-state index contributed by atoms with van der Waals surface area (Å²) in [5.41, 5.74) is 0.586. The predicted molar refractivity (Wildman–Crippen MR) is 70.5 cm³/mol. The molecule has 2 aromatic rings. The van der Waals surface area contributed by atoms with Gasteiger partial charge in [0.15, 0.2) is 0 Å². The van der Waals surface area contributed by atoms with Crippen LogP contribution in [0.3, 0.4) is 0 Å². The molecule has 0 aliphatic carbocycles. The minimum atomic E-state index is -2.53. The smallest absolute Gasteiger partial charge is 0.288 e. The zero-order chi connectivity index (χ0) is 13.7. The highest BCUT2D eigenvalue weighted by Crippen LogP contribution is 2.31. The van der Waals surface area contributed by atoms with E-state index in [0.717, 1.165) is 0 Å². The van der Waals surface area contributed by atoms with Gasteiger partial charge in [0.05, 0.1) is 5.69 Å². The number of rotatable bonds is 4. The maximum absolute atomic E-state index is 12.4. The number of carbonyl (C=O) groups excluding carboxylic acids is 1. The van der Waals surface area contributed by atoms with Crippen molar-refractivity contribution in [1.29, 1.82) is 0 Å². The number of nitrogens with zero attached hydrogens (tertiary/aromatic N) is 1. The molecule has 2 rings (SSSR count). The first kappa shape index (κ1) is 13.5. The number of halogens is 2. The minimum absolute atomic E-state index is 0.236. The first-order chi connectivity index (χ1) is 9.16. The maximum Gasteiger partial charge on any atom is 0.288 e. The van der Waals surface area contributed by atoms with E-state index in [9.17, 15) is 13.6 Å². The van der Waals surface area contributed by atoms with Crippen molar-refractivity contribution in [3.8, 4) is 0 Å². The number of amides is 1. The average molecular weight is 280 g/mol. The molecule has 1 amide bonds. The fraction of sp³-hybridized carbons (Fsp3) is 0.0769. The summed E-state index contributed by atoms with van der Waals surface area (Å²) in [5, 5.41) is 2.58. The number of hydrogen-bond acceptors (Lipinski definition) is 3. The lowest BCUT2D eigenvalue weighted by atomic mass is 10.3. The Morgan fingerprint density at radius 1 is 1.16 bits per heavy atom. The second kappa shape index (κ2) is 6.29. The Hall–Kier alpha value is -1.95. The Morgan fingerprint density at radius 2 is 1.89 bits per heavy atom. The number of para-hydroxylation sites is 1. The van der Waals surface area contributed by atoms with Crippen LogP contribution in [-0.2, 0) is 0 Å². The number of hydrogen-bond donors (Lipinski definition) is 1. The number of nitrogens with one attached hydrogen (secondary N) is 1. The fourth-order valence-electron chi connectivity index (χ4n) is 1.45. The van der Waals surface area contributed by atoms with Gasteiger partial charge < -0.3 is 5.32 Å². The van der Waals surface area contributed by atoms with Crippen molar-refractivity contribution >= 4 is 23.4 Å². The highest BCUT2D eigenvalue weighted by Gasteiger charge is 2.13. The predicted octanol–water partition coefficient (Wildman–Crippen LogP) is 3.65. The molecule has 1 aromatic carbocycles. The van der Waals surface area contributed by atoms with E-state index < -0.39 is 11.7 Å². The molecule has 0 saturated heterocycles. The molecule has 0 unspecified atom stereocenters.